The molecule has 0 aliphatic heterocycles. The Hall–Kier alpha value is -0.770. The zero-order valence-corrected chi connectivity index (χ0v) is 9.71. The van der Waals surface area contributed by atoms with E-state index in [0.717, 1.165) is 12.8 Å². The third-order valence-corrected chi connectivity index (χ3v) is 2.73. The smallest absolute Gasteiger partial charge is 0.315 e. The van der Waals surface area contributed by atoms with Crippen LogP contribution in [0.3, 0.4) is 0 Å². The third kappa shape index (κ3) is 5.02. The second-order valence-electron chi connectivity index (χ2n) is 4.31. The molecule has 15 heavy (non-hydrogen) atoms. The van der Waals surface area contributed by atoms with Crippen molar-refractivity contribution < 1.29 is 9.53 Å². The van der Waals surface area contributed by atoms with E-state index in [2.05, 4.69) is 10.6 Å². The highest BCUT2D eigenvalue weighted by Crippen LogP contribution is 2.17. The molecule has 1 atom stereocenters. The highest BCUT2D eigenvalue weighted by atomic mass is 16.5. The van der Waals surface area contributed by atoms with E-state index in [4.69, 9.17) is 4.74 Å². The summed E-state index contributed by atoms with van der Waals surface area (Å²) in [5, 5.41) is 5.86. The first kappa shape index (κ1) is 12.3. The molecule has 0 saturated heterocycles. The molecule has 4 nitrogen and oxygen atoms in total. The van der Waals surface area contributed by atoms with E-state index in [1.807, 2.05) is 6.92 Å². The van der Waals surface area contributed by atoms with Gasteiger partial charge in [-0.15, -0.1) is 0 Å². The Morgan fingerprint density at radius 2 is 2.07 bits per heavy atom. The number of ether oxygens (including phenoxy) is 1. The van der Waals surface area contributed by atoms with Gasteiger partial charge in [0.05, 0.1) is 12.6 Å². The summed E-state index contributed by atoms with van der Waals surface area (Å²) in [6.45, 7) is 2.49. The molecule has 0 aromatic rings. The van der Waals surface area contributed by atoms with Crippen LogP contribution in [0.5, 0.6) is 0 Å². The van der Waals surface area contributed by atoms with E-state index < -0.39 is 0 Å². The van der Waals surface area contributed by atoms with Gasteiger partial charge < -0.3 is 15.4 Å². The van der Waals surface area contributed by atoms with Gasteiger partial charge in [0.15, 0.2) is 0 Å². The van der Waals surface area contributed by atoms with Crippen molar-refractivity contribution in [2.24, 2.45) is 0 Å². The maximum atomic E-state index is 11.5. The number of hydrogen-bond acceptors (Lipinski definition) is 2. The van der Waals surface area contributed by atoms with Gasteiger partial charge >= 0.3 is 6.03 Å². The lowest BCUT2D eigenvalue weighted by Gasteiger charge is -2.24. The number of hydrogen-bond donors (Lipinski definition) is 2. The fraction of sp³-hybridized carbons (Fsp3) is 0.909. The van der Waals surface area contributed by atoms with Gasteiger partial charge in [0, 0.05) is 13.2 Å². The Morgan fingerprint density at radius 3 is 2.67 bits per heavy atom. The first-order valence-electron chi connectivity index (χ1n) is 5.78. The molecule has 1 fully saturated rings. The van der Waals surface area contributed by atoms with E-state index in [1.165, 1.54) is 19.3 Å². The summed E-state index contributed by atoms with van der Waals surface area (Å²) in [6, 6.07) is 0.374. The summed E-state index contributed by atoms with van der Waals surface area (Å²) < 4.78 is 4.95. The van der Waals surface area contributed by atoms with Crippen LogP contribution in [-0.4, -0.2) is 31.8 Å². The second-order valence-corrected chi connectivity index (χ2v) is 4.31. The Balaban J connectivity index is 2.16. The van der Waals surface area contributed by atoms with Crippen molar-refractivity contribution in [2.45, 2.75) is 51.1 Å². The number of nitrogens with one attached hydrogen (secondary N) is 2. The van der Waals surface area contributed by atoms with Crippen molar-refractivity contribution in [2.75, 3.05) is 13.7 Å². The van der Waals surface area contributed by atoms with Gasteiger partial charge in [-0.2, -0.15) is 0 Å². The summed E-state index contributed by atoms with van der Waals surface area (Å²) in [4.78, 5) is 11.5. The highest BCUT2D eigenvalue weighted by molar-refractivity contribution is 5.74. The summed E-state index contributed by atoms with van der Waals surface area (Å²) >= 11 is 0. The fourth-order valence-corrected chi connectivity index (χ4v) is 1.99. The largest absolute Gasteiger partial charge is 0.383 e. The first-order chi connectivity index (χ1) is 7.22. The quantitative estimate of drug-likeness (QED) is 0.747. The molecular weight excluding hydrogens is 192 g/mol. The van der Waals surface area contributed by atoms with Crippen LogP contribution < -0.4 is 10.6 Å². The van der Waals surface area contributed by atoms with E-state index in [1.54, 1.807) is 7.11 Å². The van der Waals surface area contributed by atoms with Crippen LogP contribution in [0.1, 0.15) is 39.0 Å². The molecule has 0 aromatic heterocycles. The minimum Gasteiger partial charge on any atom is -0.383 e. The molecule has 2 amide bonds. The van der Waals surface area contributed by atoms with Gasteiger partial charge in [0.25, 0.3) is 0 Å². The normalized spacial score (nSPS) is 19.6. The van der Waals surface area contributed by atoms with Crippen LogP contribution in [0.2, 0.25) is 0 Å². The molecule has 88 valence electrons. The standard InChI is InChI=1S/C11H22N2O2/c1-9(8-15-2)12-11(14)13-10-6-4-3-5-7-10/h9-10H,3-8H2,1-2H3,(H2,12,13,14)/t9-/m0/s1. The van der Waals surface area contributed by atoms with Crippen molar-refractivity contribution in [3.63, 3.8) is 0 Å². The number of carbonyl (C=O) groups excluding carboxylic acids is 1. The monoisotopic (exact) mass is 214 g/mol. The predicted molar refractivity (Wildman–Crippen MR) is 59.9 cm³/mol. The zero-order valence-electron chi connectivity index (χ0n) is 9.71. The van der Waals surface area contributed by atoms with Crippen molar-refractivity contribution in [3.8, 4) is 0 Å². The second kappa shape index (κ2) is 6.67. The summed E-state index contributed by atoms with van der Waals surface area (Å²) in [7, 11) is 1.64. The lowest BCUT2D eigenvalue weighted by atomic mass is 9.96. The Kier molecular flexibility index (Phi) is 5.47. The van der Waals surface area contributed by atoms with Gasteiger partial charge in [0.2, 0.25) is 0 Å². The van der Waals surface area contributed by atoms with Crippen molar-refractivity contribution in [1.29, 1.82) is 0 Å². The maximum absolute atomic E-state index is 11.5. The lowest BCUT2D eigenvalue weighted by Crippen LogP contribution is -2.47. The topological polar surface area (TPSA) is 50.4 Å². The first-order valence-corrected chi connectivity index (χ1v) is 5.78. The lowest BCUT2D eigenvalue weighted by molar-refractivity contribution is 0.169. The molecule has 0 aromatic carbocycles. The highest BCUT2D eigenvalue weighted by Gasteiger charge is 2.16. The molecule has 0 heterocycles. The molecule has 2 N–H and O–H groups in total. The third-order valence-electron chi connectivity index (χ3n) is 2.73. The van der Waals surface area contributed by atoms with Gasteiger partial charge in [-0.25, -0.2) is 4.79 Å². The zero-order chi connectivity index (χ0) is 11.1. The van der Waals surface area contributed by atoms with E-state index in [-0.39, 0.29) is 12.1 Å². The van der Waals surface area contributed by atoms with Crippen molar-refractivity contribution in [1.82, 2.24) is 10.6 Å². The summed E-state index contributed by atoms with van der Waals surface area (Å²) in [5.74, 6) is 0. The van der Waals surface area contributed by atoms with E-state index >= 15 is 0 Å². The number of urea groups is 1. The van der Waals surface area contributed by atoms with E-state index in [0.29, 0.717) is 12.6 Å². The Bertz CT molecular complexity index is 191. The predicted octanol–water partition coefficient (Wildman–Crippen LogP) is 1.65. The minimum atomic E-state index is -0.0635. The number of rotatable bonds is 4. The average molecular weight is 214 g/mol. The van der Waals surface area contributed by atoms with Gasteiger partial charge in [-0.3, -0.25) is 0 Å². The van der Waals surface area contributed by atoms with Crippen LogP contribution in [0, 0.1) is 0 Å². The fourth-order valence-electron chi connectivity index (χ4n) is 1.99. The van der Waals surface area contributed by atoms with Crippen LogP contribution in [-0.2, 0) is 4.74 Å². The van der Waals surface area contributed by atoms with Crippen LogP contribution >= 0.6 is 0 Å². The minimum absolute atomic E-state index is 0.0635. The van der Waals surface area contributed by atoms with E-state index in [9.17, 15) is 4.79 Å². The summed E-state index contributed by atoms with van der Waals surface area (Å²) in [5.41, 5.74) is 0. The number of methoxy groups -OCH3 is 1. The van der Waals surface area contributed by atoms with Gasteiger partial charge in [-0.05, 0) is 19.8 Å². The SMILES string of the molecule is COC[C@H](C)NC(=O)NC1CCCCC1. The molecule has 4 heteroatoms. The van der Waals surface area contributed by atoms with Crippen molar-refractivity contribution >= 4 is 6.03 Å². The summed E-state index contributed by atoms with van der Waals surface area (Å²) in [6.07, 6.45) is 6.01. The van der Waals surface area contributed by atoms with Gasteiger partial charge in [-0.1, -0.05) is 19.3 Å². The Morgan fingerprint density at radius 1 is 1.40 bits per heavy atom. The van der Waals surface area contributed by atoms with Crippen molar-refractivity contribution in [3.05, 3.63) is 0 Å². The molecule has 0 radical (unpaired) electrons. The Labute approximate surface area is 91.8 Å². The molecule has 0 unspecified atom stereocenters. The molecule has 0 spiro atoms. The van der Waals surface area contributed by atoms with Crippen LogP contribution in [0.25, 0.3) is 0 Å². The molecule has 1 aliphatic carbocycles. The average Bonchev–Trinajstić information content (AvgIpc) is 2.19. The molecule has 0 bridgehead atoms. The van der Waals surface area contributed by atoms with Crippen LogP contribution in [0.4, 0.5) is 4.79 Å². The molecule has 1 saturated carbocycles. The van der Waals surface area contributed by atoms with Crippen LogP contribution in [0.15, 0.2) is 0 Å². The molecule has 1 rings (SSSR count). The molecule has 1 aliphatic rings. The van der Waals surface area contributed by atoms with Gasteiger partial charge in [0.1, 0.15) is 0 Å². The maximum Gasteiger partial charge on any atom is 0.315 e. The number of carbonyl (C=O) groups is 1. The molecular formula is C11H22N2O2. The number of amides is 2.